The maximum atomic E-state index is 11.8. The third-order valence-electron chi connectivity index (χ3n) is 5.33. The summed E-state index contributed by atoms with van der Waals surface area (Å²) in [6.45, 7) is 7.51. The molecule has 0 spiro atoms. The van der Waals surface area contributed by atoms with Crippen molar-refractivity contribution in [2.75, 3.05) is 53.6 Å². The summed E-state index contributed by atoms with van der Waals surface area (Å²) in [5, 5.41) is 0. The highest BCUT2D eigenvalue weighted by molar-refractivity contribution is 5.85. The molecule has 0 N–H and O–H groups in total. The predicted octanol–water partition coefficient (Wildman–Crippen LogP) is 3.39. The Labute approximate surface area is 196 Å². The first-order valence-corrected chi connectivity index (χ1v) is 10.7. The summed E-state index contributed by atoms with van der Waals surface area (Å²) in [5.41, 5.74) is 2.30. The van der Waals surface area contributed by atoms with E-state index >= 15 is 0 Å². The minimum absolute atomic E-state index is 0. The van der Waals surface area contributed by atoms with Gasteiger partial charge in [0, 0.05) is 44.8 Å². The summed E-state index contributed by atoms with van der Waals surface area (Å²) >= 11 is 0. The second-order valence-corrected chi connectivity index (χ2v) is 7.42. The van der Waals surface area contributed by atoms with E-state index in [1.54, 1.807) is 21.1 Å². The van der Waals surface area contributed by atoms with Crippen molar-refractivity contribution in [3.05, 3.63) is 53.6 Å². The molecule has 7 nitrogen and oxygen atoms in total. The Balaban J connectivity index is 0.00000363. The Morgan fingerprint density at radius 2 is 1.53 bits per heavy atom. The average Bonchev–Trinajstić information content (AvgIpc) is 2.80. The van der Waals surface area contributed by atoms with Crippen LogP contribution in [-0.4, -0.2) is 69.4 Å². The molecule has 8 heteroatoms. The largest absolute Gasteiger partial charge is 0.493 e. The van der Waals surface area contributed by atoms with Crippen molar-refractivity contribution in [3.8, 4) is 17.2 Å². The summed E-state index contributed by atoms with van der Waals surface area (Å²) in [6, 6.07) is 14.4. The quantitative estimate of drug-likeness (QED) is 0.499. The lowest BCUT2D eigenvalue weighted by molar-refractivity contribution is -0.145. The molecule has 176 valence electrons. The fourth-order valence-electron chi connectivity index (χ4n) is 3.74. The molecule has 2 aromatic rings. The summed E-state index contributed by atoms with van der Waals surface area (Å²) in [4.78, 5) is 16.7. The molecule has 0 amide bonds. The molecule has 0 aliphatic carbocycles. The number of hydrogen-bond acceptors (Lipinski definition) is 7. The zero-order valence-corrected chi connectivity index (χ0v) is 19.9. The van der Waals surface area contributed by atoms with Crippen molar-refractivity contribution < 1.29 is 23.7 Å². The summed E-state index contributed by atoms with van der Waals surface area (Å²) in [5.74, 6) is 1.18. The van der Waals surface area contributed by atoms with E-state index in [9.17, 15) is 4.79 Å². The fraction of sp³-hybridized carbons (Fsp3) is 0.458. The third-order valence-corrected chi connectivity index (χ3v) is 5.33. The van der Waals surface area contributed by atoms with Gasteiger partial charge in [0.05, 0.1) is 20.8 Å². The first kappa shape index (κ1) is 25.8. The molecule has 0 saturated carbocycles. The second-order valence-electron chi connectivity index (χ2n) is 7.42. The predicted molar refractivity (Wildman–Crippen MR) is 126 cm³/mol. The number of methoxy groups -OCH3 is 2. The standard InChI is InChI=1S/C24H32N2O5.ClH/c1-4-30-22(27)18-31-23-20(10-11-21(28-2)24(23)29-3)17-26-14-12-25(13-15-26)16-19-8-6-5-7-9-19;/h5-11H,4,12-18H2,1-3H3;1H. The van der Waals surface area contributed by atoms with Crippen LogP contribution in [-0.2, 0) is 22.6 Å². The molecule has 0 atom stereocenters. The Hall–Kier alpha value is -2.48. The average molecular weight is 465 g/mol. The van der Waals surface area contributed by atoms with Gasteiger partial charge < -0.3 is 18.9 Å². The van der Waals surface area contributed by atoms with Crippen LogP contribution in [0.25, 0.3) is 0 Å². The van der Waals surface area contributed by atoms with Gasteiger partial charge in [-0.25, -0.2) is 4.79 Å². The lowest BCUT2D eigenvalue weighted by atomic mass is 10.1. The van der Waals surface area contributed by atoms with Gasteiger partial charge in [-0.15, -0.1) is 12.4 Å². The van der Waals surface area contributed by atoms with Crippen LogP contribution in [0.4, 0.5) is 0 Å². The number of nitrogens with zero attached hydrogens (tertiary/aromatic N) is 2. The summed E-state index contributed by atoms with van der Waals surface area (Å²) < 4.78 is 21.8. The normalized spacial score (nSPS) is 14.3. The van der Waals surface area contributed by atoms with Gasteiger partial charge in [0.1, 0.15) is 0 Å². The van der Waals surface area contributed by atoms with Gasteiger partial charge in [-0.2, -0.15) is 0 Å². The molecule has 3 rings (SSSR count). The number of carbonyl (C=O) groups is 1. The molecule has 0 aromatic heterocycles. The first-order chi connectivity index (χ1) is 15.1. The van der Waals surface area contributed by atoms with Crippen molar-refractivity contribution >= 4 is 18.4 Å². The van der Waals surface area contributed by atoms with Crippen molar-refractivity contribution in [2.24, 2.45) is 0 Å². The van der Waals surface area contributed by atoms with Gasteiger partial charge in [0.25, 0.3) is 0 Å². The van der Waals surface area contributed by atoms with E-state index in [1.807, 2.05) is 18.2 Å². The van der Waals surface area contributed by atoms with E-state index in [4.69, 9.17) is 18.9 Å². The smallest absolute Gasteiger partial charge is 0.344 e. The molecular formula is C24H33ClN2O5. The van der Waals surface area contributed by atoms with Crippen LogP contribution in [0.5, 0.6) is 17.2 Å². The molecule has 2 aromatic carbocycles. The Morgan fingerprint density at radius 3 is 2.12 bits per heavy atom. The number of ether oxygens (including phenoxy) is 4. The number of esters is 1. The molecule has 0 radical (unpaired) electrons. The number of benzene rings is 2. The van der Waals surface area contributed by atoms with Crippen LogP contribution in [0.3, 0.4) is 0 Å². The number of rotatable bonds is 10. The number of halogens is 1. The van der Waals surface area contributed by atoms with Crippen LogP contribution >= 0.6 is 12.4 Å². The highest BCUT2D eigenvalue weighted by Gasteiger charge is 2.22. The highest BCUT2D eigenvalue weighted by Crippen LogP contribution is 2.40. The SMILES string of the molecule is CCOC(=O)COc1c(CN2CCN(Cc3ccccc3)CC2)ccc(OC)c1OC.Cl. The van der Waals surface area contributed by atoms with Crippen LogP contribution in [0.15, 0.2) is 42.5 Å². The van der Waals surface area contributed by atoms with E-state index in [0.717, 1.165) is 38.3 Å². The number of piperazine rings is 1. The molecule has 1 heterocycles. The highest BCUT2D eigenvalue weighted by atomic mass is 35.5. The van der Waals surface area contributed by atoms with Crippen LogP contribution in [0.1, 0.15) is 18.1 Å². The molecule has 1 aliphatic heterocycles. The third kappa shape index (κ3) is 7.02. The Morgan fingerprint density at radius 1 is 0.875 bits per heavy atom. The zero-order chi connectivity index (χ0) is 22.1. The van der Waals surface area contributed by atoms with Crippen molar-refractivity contribution in [3.63, 3.8) is 0 Å². The van der Waals surface area contributed by atoms with Gasteiger partial charge in [0.2, 0.25) is 5.75 Å². The van der Waals surface area contributed by atoms with Crippen molar-refractivity contribution in [1.29, 1.82) is 0 Å². The second kappa shape index (κ2) is 13.2. The zero-order valence-electron chi connectivity index (χ0n) is 19.0. The minimum Gasteiger partial charge on any atom is -0.493 e. The number of hydrogen-bond donors (Lipinski definition) is 0. The Bertz CT molecular complexity index is 842. The molecule has 0 bridgehead atoms. The molecule has 1 saturated heterocycles. The van der Waals surface area contributed by atoms with Crippen molar-refractivity contribution in [2.45, 2.75) is 20.0 Å². The molecule has 0 unspecified atom stereocenters. The van der Waals surface area contributed by atoms with Gasteiger partial charge >= 0.3 is 5.97 Å². The topological polar surface area (TPSA) is 60.5 Å². The lowest BCUT2D eigenvalue weighted by Gasteiger charge is -2.35. The monoisotopic (exact) mass is 464 g/mol. The molecule has 1 fully saturated rings. The molecular weight excluding hydrogens is 432 g/mol. The van der Waals surface area contributed by atoms with Gasteiger partial charge in [-0.3, -0.25) is 9.80 Å². The van der Waals surface area contributed by atoms with E-state index in [-0.39, 0.29) is 19.0 Å². The van der Waals surface area contributed by atoms with Crippen molar-refractivity contribution in [1.82, 2.24) is 9.80 Å². The summed E-state index contributed by atoms with van der Waals surface area (Å²) in [6.07, 6.45) is 0. The minimum atomic E-state index is -0.409. The molecule has 1 aliphatic rings. The van der Waals surface area contributed by atoms with Gasteiger partial charge in [0.15, 0.2) is 18.1 Å². The van der Waals surface area contributed by atoms with Gasteiger partial charge in [-0.1, -0.05) is 36.4 Å². The van der Waals surface area contributed by atoms with Crippen LogP contribution < -0.4 is 14.2 Å². The number of carbonyl (C=O) groups excluding carboxylic acids is 1. The fourth-order valence-corrected chi connectivity index (χ4v) is 3.74. The Kier molecular flexibility index (Phi) is 10.6. The van der Waals surface area contributed by atoms with E-state index in [2.05, 4.69) is 34.1 Å². The van der Waals surface area contributed by atoms with E-state index in [1.165, 1.54) is 5.56 Å². The summed E-state index contributed by atoms with van der Waals surface area (Å²) in [7, 11) is 3.15. The van der Waals surface area contributed by atoms with Gasteiger partial charge in [-0.05, 0) is 18.6 Å². The van der Waals surface area contributed by atoms with Crippen LogP contribution in [0.2, 0.25) is 0 Å². The van der Waals surface area contributed by atoms with E-state index in [0.29, 0.717) is 30.4 Å². The lowest BCUT2D eigenvalue weighted by Crippen LogP contribution is -2.45. The first-order valence-electron chi connectivity index (χ1n) is 10.7. The van der Waals surface area contributed by atoms with Crippen LogP contribution in [0, 0.1) is 0 Å². The maximum absolute atomic E-state index is 11.8. The maximum Gasteiger partial charge on any atom is 0.344 e. The van der Waals surface area contributed by atoms with E-state index < -0.39 is 5.97 Å². The molecule has 32 heavy (non-hydrogen) atoms.